The molecule has 0 saturated heterocycles. The summed E-state index contributed by atoms with van der Waals surface area (Å²) in [5, 5.41) is 2.76. The van der Waals surface area contributed by atoms with Gasteiger partial charge in [-0.15, -0.1) is 0 Å². The van der Waals surface area contributed by atoms with E-state index in [0.717, 1.165) is 28.1 Å². The predicted molar refractivity (Wildman–Crippen MR) is 91.9 cm³/mol. The molecule has 1 aliphatic rings. The summed E-state index contributed by atoms with van der Waals surface area (Å²) in [6.07, 6.45) is 0. The Kier molecular flexibility index (Phi) is 4.25. The number of aryl methyl sites for hydroxylation is 1. The lowest BCUT2D eigenvalue weighted by Crippen LogP contribution is -2.36. The highest BCUT2D eigenvalue weighted by Crippen LogP contribution is 2.37. The van der Waals surface area contributed by atoms with Gasteiger partial charge in [0.15, 0.2) is 0 Å². The number of rotatable bonds is 4. The smallest absolute Gasteiger partial charge is 0.254 e. The maximum absolute atomic E-state index is 12.8. The van der Waals surface area contributed by atoms with Crippen LogP contribution in [0.4, 0.5) is 5.69 Å². The molecule has 0 aliphatic carbocycles. The largest absolute Gasteiger partial charge is 0.497 e. The average molecular weight is 324 g/mol. The number of hydrogen-bond donors (Lipinski definition) is 1. The predicted octanol–water partition coefficient (Wildman–Crippen LogP) is 2.73. The molecular formula is C19H20N2O3. The molecule has 0 aromatic heterocycles. The highest BCUT2D eigenvalue weighted by molar-refractivity contribution is 6.06. The Hall–Kier alpha value is -2.82. The van der Waals surface area contributed by atoms with Crippen molar-refractivity contribution in [1.82, 2.24) is 5.32 Å². The molecule has 0 unspecified atom stereocenters. The summed E-state index contributed by atoms with van der Waals surface area (Å²) in [6, 6.07) is 12.9. The maximum atomic E-state index is 12.8. The molecule has 1 aliphatic heterocycles. The molecule has 0 radical (unpaired) electrons. The van der Waals surface area contributed by atoms with E-state index in [1.807, 2.05) is 49.4 Å². The van der Waals surface area contributed by atoms with Crippen molar-refractivity contribution in [1.29, 1.82) is 0 Å². The topological polar surface area (TPSA) is 58.6 Å². The van der Waals surface area contributed by atoms with Crippen LogP contribution in [0.1, 0.15) is 29.7 Å². The lowest BCUT2D eigenvalue weighted by Gasteiger charge is -2.18. The molecule has 124 valence electrons. The van der Waals surface area contributed by atoms with Crippen molar-refractivity contribution in [3.05, 3.63) is 59.2 Å². The van der Waals surface area contributed by atoms with Gasteiger partial charge >= 0.3 is 0 Å². The normalized spacial score (nSPS) is 16.0. The minimum Gasteiger partial charge on any atom is -0.497 e. The van der Waals surface area contributed by atoms with E-state index in [0.29, 0.717) is 6.54 Å². The van der Waals surface area contributed by atoms with Crippen molar-refractivity contribution in [2.75, 3.05) is 12.0 Å². The number of hydrogen-bond acceptors (Lipinski definition) is 3. The third kappa shape index (κ3) is 2.97. The standard InChI is InChI=1S/C19H20N2O3/c1-12-4-9-17-16(10-12)18(20-13(2)22)19(23)21(17)11-14-5-7-15(24-3)8-6-14/h4-10,18H,11H2,1-3H3,(H,20,22)/t18-/m1/s1. The quantitative estimate of drug-likeness (QED) is 0.941. The van der Waals surface area contributed by atoms with E-state index in [2.05, 4.69) is 5.32 Å². The first kappa shape index (κ1) is 16.1. The summed E-state index contributed by atoms with van der Waals surface area (Å²) in [5.41, 5.74) is 3.76. The fraction of sp³-hybridized carbons (Fsp3) is 0.263. The van der Waals surface area contributed by atoms with Gasteiger partial charge in [0.2, 0.25) is 5.91 Å². The summed E-state index contributed by atoms with van der Waals surface area (Å²) in [4.78, 5) is 26.0. The number of carbonyl (C=O) groups is 2. The second-order valence-electron chi connectivity index (χ2n) is 5.97. The Labute approximate surface area is 141 Å². The Morgan fingerprint density at radius 1 is 1.21 bits per heavy atom. The highest BCUT2D eigenvalue weighted by atomic mass is 16.5. The van der Waals surface area contributed by atoms with Crippen LogP contribution in [0.25, 0.3) is 0 Å². The number of nitrogens with one attached hydrogen (secondary N) is 1. The molecule has 2 aromatic rings. The Morgan fingerprint density at radius 2 is 1.92 bits per heavy atom. The summed E-state index contributed by atoms with van der Waals surface area (Å²) in [7, 11) is 1.62. The highest BCUT2D eigenvalue weighted by Gasteiger charge is 2.37. The second kappa shape index (κ2) is 6.35. The number of fused-ring (bicyclic) bond motifs is 1. The monoisotopic (exact) mass is 324 g/mol. The van der Waals surface area contributed by atoms with Crippen molar-refractivity contribution in [3.63, 3.8) is 0 Å². The van der Waals surface area contributed by atoms with Crippen LogP contribution < -0.4 is 15.0 Å². The number of nitrogens with zero attached hydrogens (tertiary/aromatic N) is 1. The van der Waals surface area contributed by atoms with Crippen LogP contribution >= 0.6 is 0 Å². The average Bonchev–Trinajstić information content (AvgIpc) is 2.80. The van der Waals surface area contributed by atoms with E-state index < -0.39 is 6.04 Å². The Morgan fingerprint density at radius 3 is 2.54 bits per heavy atom. The molecule has 5 nitrogen and oxygen atoms in total. The van der Waals surface area contributed by atoms with Crippen LogP contribution in [0.5, 0.6) is 5.75 Å². The maximum Gasteiger partial charge on any atom is 0.254 e. The first-order valence-corrected chi connectivity index (χ1v) is 7.81. The fourth-order valence-corrected chi connectivity index (χ4v) is 2.98. The number of carbonyl (C=O) groups excluding carboxylic acids is 2. The lowest BCUT2D eigenvalue weighted by atomic mass is 10.1. The van der Waals surface area contributed by atoms with Crippen LogP contribution in [-0.2, 0) is 16.1 Å². The van der Waals surface area contributed by atoms with Crippen LogP contribution in [0.15, 0.2) is 42.5 Å². The van der Waals surface area contributed by atoms with E-state index in [9.17, 15) is 9.59 Å². The number of benzene rings is 2. The summed E-state index contributed by atoms with van der Waals surface area (Å²) in [6.45, 7) is 3.85. The minimum absolute atomic E-state index is 0.110. The Bertz CT molecular complexity index is 784. The summed E-state index contributed by atoms with van der Waals surface area (Å²) < 4.78 is 5.16. The molecule has 0 bridgehead atoms. The van der Waals surface area contributed by atoms with Gasteiger partial charge in [0, 0.05) is 18.2 Å². The summed E-state index contributed by atoms with van der Waals surface area (Å²) in [5.74, 6) is 0.451. The van der Waals surface area contributed by atoms with Gasteiger partial charge in [-0.05, 0) is 30.7 Å². The molecule has 0 saturated carbocycles. The van der Waals surface area contributed by atoms with Gasteiger partial charge in [-0.1, -0.05) is 29.8 Å². The van der Waals surface area contributed by atoms with Gasteiger partial charge in [0.1, 0.15) is 11.8 Å². The van der Waals surface area contributed by atoms with E-state index in [4.69, 9.17) is 4.74 Å². The molecule has 24 heavy (non-hydrogen) atoms. The van der Waals surface area contributed by atoms with Crippen LogP contribution in [0.3, 0.4) is 0 Å². The molecule has 1 atom stereocenters. The van der Waals surface area contributed by atoms with Crippen molar-refractivity contribution < 1.29 is 14.3 Å². The first-order valence-electron chi connectivity index (χ1n) is 7.81. The van der Waals surface area contributed by atoms with Crippen LogP contribution in [0, 0.1) is 6.92 Å². The minimum atomic E-state index is -0.615. The molecule has 0 fully saturated rings. The Balaban J connectivity index is 1.93. The fourth-order valence-electron chi connectivity index (χ4n) is 2.98. The zero-order chi connectivity index (χ0) is 17.3. The molecule has 0 spiro atoms. The molecule has 2 aromatic carbocycles. The van der Waals surface area contributed by atoms with Crippen molar-refractivity contribution in [3.8, 4) is 5.75 Å². The van der Waals surface area contributed by atoms with Crippen LogP contribution in [-0.4, -0.2) is 18.9 Å². The number of amides is 2. The third-order valence-electron chi connectivity index (χ3n) is 4.15. The van der Waals surface area contributed by atoms with Crippen LogP contribution in [0.2, 0.25) is 0 Å². The first-order chi connectivity index (χ1) is 11.5. The number of ether oxygens (including phenoxy) is 1. The van der Waals surface area contributed by atoms with Crippen molar-refractivity contribution in [2.24, 2.45) is 0 Å². The van der Waals surface area contributed by atoms with Gasteiger partial charge in [-0.2, -0.15) is 0 Å². The van der Waals surface area contributed by atoms with Gasteiger partial charge in [-0.3, -0.25) is 9.59 Å². The number of anilines is 1. The van der Waals surface area contributed by atoms with E-state index >= 15 is 0 Å². The van der Waals surface area contributed by atoms with Gasteiger partial charge in [-0.25, -0.2) is 0 Å². The van der Waals surface area contributed by atoms with Gasteiger partial charge in [0.25, 0.3) is 5.91 Å². The van der Waals surface area contributed by atoms with E-state index in [1.54, 1.807) is 12.0 Å². The molecule has 5 heteroatoms. The van der Waals surface area contributed by atoms with Gasteiger partial charge < -0.3 is 15.0 Å². The van der Waals surface area contributed by atoms with Gasteiger partial charge in [0.05, 0.1) is 13.7 Å². The summed E-state index contributed by atoms with van der Waals surface area (Å²) >= 11 is 0. The second-order valence-corrected chi connectivity index (χ2v) is 5.97. The van der Waals surface area contributed by atoms with E-state index in [-0.39, 0.29) is 11.8 Å². The lowest BCUT2D eigenvalue weighted by molar-refractivity contribution is -0.126. The van der Waals surface area contributed by atoms with E-state index in [1.165, 1.54) is 6.92 Å². The molecule has 1 heterocycles. The molecule has 2 amide bonds. The van der Waals surface area contributed by atoms with Crippen molar-refractivity contribution in [2.45, 2.75) is 26.4 Å². The zero-order valence-corrected chi connectivity index (χ0v) is 14.0. The zero-order valence-electron chi connectivity index (χ0n) is 14.0. The van der Waals surface area contributed by atoms with Crippen molar-refractivity contribution >= 4 is 17.5 Å². The molecule has 1 N–H and O–H groups in total. The molecule has 3 rings (SSSR count). The number of methoxy groups -OCH3 is 1. The third-order valence-corrected chi connectivity index (χ3v) is 4.15. The molecular weight excluding hydrogens is 304 g/mol. The SMILES string of the molecule is COc1ccc(CN2C(=O)[C@H](NC(C)=O)c3cc(C)ccc32)cc1.